The van der Waals surface area contributed by atoms with Gasteiger partial charge in [0.1, 0.15) is 23.2 Å². The Labute approximate surface area is 151 Å². The fraction of sp³-hybridized carbons (Fsp3) is 0.0588. The second-order valence-electron chi connectivity index (χ2n) is 5.53. The number of nitrogens with zero attached hydrogens (tertiary/aromatic N) is 4. The topological polar surface area (TPSA) is 145 Å². The highest BCUT2D eigenvalue weighted by Crippen LogP contribution is 2.26. The Morgan fingerprint density at radius 2 is 2.15 bits per heavy atom. The standard InChI is InChI=1S/C17H14N6O4/c1-26-11-5-3-2-4-10(11)23-16-13(20-17(23)24)12(14(18)22-25)19-15(21-16)9-6-7-27-8-9/h2-8,25H,1H3,(H2,18,22)(H,20,24). The van der Waals surface area contributed by atoms with E-state index in [0.29, 0.717) is 17.0 Å². The van der Waals surface area contributed by atoms with Crippen molar-refractivity contribution in [2.45, 2.75) is 0 Å². The first-order valence-electron chi connectivity index (χ1n) is 7.80. The number of fused-ring (bicyclic) bond motifs is 1. The molecule has 0 amide bonds. The summed E-state index contributed by atoms with van der Waals surface area (Å²) in [5.41, 5.74) is 6.92. The van der Waals surface area contributed by atoms with Crippen molar-refractivity contribution in [3.63, 3.8) is 0 Å². The van der Waals surface area contributed by atoms with Crippen molar-refractivity contribution in [3.05, 3.63) is 59.0 Å². The maximum absolute atomic E-state index is 12.7. The summed E-state index contributed by atoms with van der Waals surface area (Å²) < 4.78 is 11.8. The molecule has 0 spiro atoms. The van der Waals surface area contributed by atoms with Crippen LogP contribution >= 0.6 is 0 Å². The molecule has 1 aromatic carbocycles. The van der Waals surface area contributed by atoms with E-state index in [-0.39, 0.29) is 28.5 Å². The number of para-hydroxylation sites is 2. The van der Waals surface area contributed by atoms with E-state index in [2.05, 4.69) is 20.1 Å². The molecular weight excluding hydrogens is 352 g/mol. The first-order chi connectivity index (χ1) is 13.1. The number of hydrogen-bond acceptors (Lipinski definition) is 7. The number of furan rings is 1. The van der Waals surface area contributed by atoms with Crippen molar-refractivity contribution < 1.29 is 14.4 Å². The molecule has 4 rings (SSSR count). The summed E-state index contributed by atoms with van der Waals surface area (Å²) in [5, 5.41) is 12.1. The molecule has 4 N–H and O–H groups in total. The van der Waals surface area contributed by atoms with Crippen molar-refractivity contribution in [2.24, 2.45) is 10.9 Å². The molecule has 10 nitrogen and oxygen atoms in total. The Morgan fingerprint density at radius 3 is 2.85 bits per heavy atom. The Balaban J connectivity index is 2.11. The average molecular weight is 366 g/mol. The molecule has 0 saturated heterocycles. The number of hydrogen-bond donors (Lipinski definition) is 3. The Bertz CT molecular complexity index is 1210. The zero-order valence-electron chi connectivity index (χ0n) is 14.1. The van der Waals surface area contributed by atoms with Crippen molar-refractivity contribution in [2.75, 3.05) is 7.11 Å². The summed E-state index contributed by atoms with van der Waals surface area (Å²) in [7, 11) is 1.51. The number of rotatable bonds is 4. The largest absolute Gasteiger partial charge is 0.495 e. The van der Waals surface area contributed by atoms with Crippen LogP contribution in [-0.4, -0.2) is 37.7 Å². The van der Waals surface area contributed by atoms with E-state index in [1.165, 1.54) is 24.2 Å². The molecule has 0 unspecified atom stereocenters. The Morgan fingerprint density at radius 1 is 1.33 bits per heavy atom. The van der Waals surface area contributed by atoms with Crippen LogP contribution in [0.5, 0.6) is 5.75 Å². The highest BCUT2D eigenvalue weighted by Gasteiger charge is 2.21. The molecule has 0 atom stereocenters. The van der Waals surface area contributed by atoms with Gasteiger partial charge in [0.2, 0.25) is 0 Å². The highest BCUT2D eigenvalue weighted by atomic mass is 16.5. The molecule has 4 aromatic rings. The van der Waals surface area contributed by atoms with Gasteiger partial charge in [-0.05, 0) is 18.2 Å². The number of H-pyrrole nitrogens is 1. The van der Waals surface area contributed by atoms with Crippen LogP contribution in [0.3, 0.4) is 0 Å². The van der Waals surface area contributed by atoms with Gasteiger partial charge in [0.15, 0.2) is 17.3 Å². The van der Waals surface area contributed by atoms with Gasteiger partial charge in [-0.25, -0.2) is 19.3 Å². The molecule has 136 valence electrons. The number of benzene rings is 1. The molecule has 0 bridgehead atoms. The molecule has 0 aliphatic carbocycles. The molecule has 0 aliphatic heterocycles. The predicted molar refractivity (Wildman–Crippen MR) is 96.3 cm³/mol. The van der Waals surface area contributed by atoms with Crippen LogP contribution in [0.25, 0.3) is 28.2 Å². The van der Waals surface area contributed by atoms with Crippen molar-refractivity contribution in [1.82, 2.24) is 19.5 Å². The monoisotopic (exact) mass is 366 g/mol. The lowest BCUT2D eigenvalue weighted by Crippen LogP contribution is -2.17. The van der Waals surface area contributed by atoms with Gasteiger partial charge in [-0.1, -0.05) is 17.3 Å². The molecule has 0 saturated carbocycles. The first-order valence-corrected chi connectivity index (χ1v) is 7.80. The normalized spacial score (nSPS) is 11.8. The van der Waals surface area contributed by atoms with E-state index in [9.17, 15) is 4.79 Å². The number of amidine groups is 1. The summed E-state index contributed by atoms with van der Waals surface area (Å²) in [6.45, 7) is 0. The van der Waals surface area contributed by atoms with E-state index >= 15 is 0 Å². The number of nitrogens with two attached hydrogens (primary N) is 1. The molecular formula is C17H14N6O4. The van der Waals surface area contributed by atoms with E-state index in [1.54, 1.807) is 30.3 Å². The SMILES string of the molecule is COc1ccccc1-n1c(=O)[nH]c2c(/C(N)=N\O)nc(-c3ccoc3)nc21. The van der Waals surface area contributed by atoms with Gasteiger partial charge in [0.05, 0.1) is 24.6 Å². The molecule has 3 aromatic heterocycles. The van der Waals surface area contributed by atoms with E-state index in [1.807, 2.05) is 0 Å². The molecule has 0 fully saturated rings. The molecule has 27 heavy (non-hydrogen) atoms. The lowest BCUT2D eigenvalue weighted by Gasteiger charge is -2.09. The van der Waals surface area contributed by atoms with Crippen LogP contribution in [0, 0.1) is 0 Å². The average Bonchev–Trinajstić information content (AvgIpc) is 3.33. The quantitative estimate of drug-likeness (QED) is 0.215. The van der Waals surface area contributed by atoms with Gasteiger partial charge in [0, 0.05) is 0 Å². The second kappa shape index (κ2) is 6.33. The highest BCUT2D eigenvalue weighted by molar-refractivity contribution is 6.05. The fourth-order valence-electron chi connectivity index (χ4n) is 2.78. The first kappa shape index (κ1) is 16.4. The van der Waals surface area contributed by atoms with Crippen molar-refractivity contribution >= 4 is 17.0 Å². The molecule has 0 aliphatic rings. The summed E-state index contributed by atoms with van der Waals surface area (Å²) in [6, 6.07) is 8.66. The van der Waals surface area contributed by atoms with Crippen LogP contribution in [-0.2, 0) is 0 Å². The summed E-state index contributed by atoms with van der Waals surface area (Å²) in [5.74, 6) is 0.468. The van der Waals surface area contributed by atoms with Crippen molar-refractivity contribution in [3.8, 4) is 22.8 Å². The number of ether oxygens (including phenoxy) is 1. The molecule has 3 heterocycles. The zero-order valence-corrected chi connectivity index (χ0v) is 14.1. The zero-order chi connectivity index (χ0) is 19.0. The van der Waals surface area contributed by atoms with Gasteiger partial charge in [-0.2, -0.15) is 0 Å². The van der Waals surface area contributed by atoms with Crippen LogP contribution in [0.15, 0.2) is 57.2 Å². The number of methoxy groups -OCH3 is 1. The number of aromatic nitrogens is 4. The maximum atomic E-state index is 12.7. The van der Waals surface area contributed by atoms with Gasteiger partial charge >= 0.3 is 5.69 Å². The minimum Gasteiger partial charge on any atom is -0.495 e. The third kappa shape index (κ3) is 2.59. The van der Waals surface area contributed by atoms with Crippen LogP contribution in [0.4, 0.5) is 0 Å². The number of nitrogens with one attached hydrogen (secondary N) is 1. The molecule has 0 radical (unpaired) electrons. The minimum absolute atomic E-state index is 0.0875. The maximum Gasteiger partial charge on any atom is 0.332 e. The van der Waals surface area contributed by atoms with Crippen LogP contribution in [0.2, 0.25) is 0 Å². The smallest absolute Gasteiger partial charge is 0.332 e. The van der Waals surface area contributed by atoms with E-state index < -0.39 is 5.69 Å². The number of imidazole rings is 1. The van der Waals surface area contributed by atoms with Gasteiger partial charge in [0.25, 0.3) is 0 Å². The fourth-order valence-corrected chi connectivity index (χ4v) is 2.78. The van der Waals surface area contributed by atoms with Gasteiger partial charge in [-0.3, -0.25) is 0 Å². The summed E-state index contributed by atoms with van der Waals surface area (Å²) >= 11 is 0. The predicted octanol–water partition coefficient (Wildman–Crippen LogP) is 1.47. The third-order valence-corrected chi connectivity index (χ3v) is 3.99. The third-order valence-electron chi connectivity index (χ3n) is 3.99. The number of oxime groups is 1. The van der Waals surface area contributed by atoms with Gasteiger partial charge in [-0.15, -0.1) is 0 Å². The summed E-state index contributed by atoms with van der Waals surface area (Å²) in [6.07, 6.45) is 2.92. The Hall–Kier alpha value is -4.08. The lowest BCUT2D eigenvalue weighted by molar-refractivity contribution is 0.318. The molecule has 10 heteroatoms. The van der Waals surface area contributed by atoms with E-state index in [4.69, 9.17) is 20.1 Å². The van der Waals surface area contributed by atoms with Gasteiger partial charge < -0.3 is 25.1 Å². The van der Waals surface area contributed by atoms with E-state index in [0.717, 1.165) is 0 Å². The number of aromatic amines is 1. The summed E-state index contributed by atoms with van der Waals surface area (Å²) in [4.78, 5) is 24.1. The van der Waals surface area contributed by atoms with Crippen LogP contribution < -0.4 is 16.2 Å². The second-order valence-corrected chi connectivity index (χ2v) is 5.53. The Kier molecular flexibility index (Phi) is 3.84. The lowest BCUT2D eigenvalue weighted by atomic mass is 10.2. The van der Waals surface area contributed by atoms with Crippen molar-refractivity contribution in [1.29, 1.82) is 0 Å². The minimum atomic E-state index is -0.472. The van der Waals surface area contributed by atoms with Crippen LogP contribution in [0.1, 0.15) is 5.69 Å².